The molecule has 0 aliphatic rings. The van der Waals surface area contributed by atoms with Gasteiger partial charge in [-0.25, -0.2) is 0 Å². The van der Waals surface area contributed by atoms with Gasteiger partial charge in [0.05, 0.1) is 16.3 Å². The molecule has 0 radical (unpaired) electrons. The Balaban J connectivity index is 2.02. The maximum Gasteiger partial charge on any atom is 0.186 e. The Labute approximate surface area is 170 Å². The van der Waals surface area contributed by atoms with Crippen LogP contribution in [0.4, 0.5) is 0 Å². The molecule has 0 unspecified atom stereocenters. The lowest BCUT2D eigenvalue weighted by molar-refractivity contribution is 0.306. The number of hydrazone groups is 1. The number of thiocarbonyl (C=S) groups is 1. The Hall–Kier alpha value is -1.34. The fourth-order valence-corrected chi connectivity index (χ4v) is 2.97. The van der Waals surface area contributed by atoms with E-state index in [9.17, 15) is 0 Å². The Bertz CT molecular complexity index is 746. The van der Waals surface area contributed by atoms with E-state index < -0.39 is 0 Å². The number of hydrogen-bond donors (Lipinski definition) is 2. The number of halogens is 3. The summed E-state index contributed by atoms with van der Waals surface area (Å²) in [6.07, 6.45) is 1.58. The van der Waals surface area contributed by atoms with Crippen LogP contribution in [0.1, 0.15) is 18.1 Å². The molecular weight excluding hydrogens is 445 g/mol. The van der Waals surface area contributed by atoms with Gasteiger partial charge < -0.3 is 10.1 Å². The van der Waals surface area contributed by atoms with Crippen LogP contribution >= 0.6 is 51.3 Å². The quantitative estimate of drug-likeness (QED) is 0.355. The van der Waals surface area contributed by atoms with E-state index in [0.717, 1.165) is 22.1 Å². The molecule has 2 aromatic rings. The largest absolute Gasteiger partial charge is 0.486 e. The lowest BCUT2D eigenvalue weighted by Gasteiger charge is -2.11. The zero-order chi connectivity index (χ0) is 18.2. The molecular formula is C17H16BrCl2N3OS. The van der Waals surface area contributed by atoms with Crippen LogP contribution in [0.15, 0.2) is 46.0 Å². The average Bonchev–Trinajstić information content (AvgIpc) is 2.56. The van der Waals surface area contributed by atoms with Gasteiger partial charge in [0.1, 0.15) is 6.61 Å². The summed E-state index contributed by atoms with van der Waals surface area (Å²) in [7, 11) is 0. The second kappa shape index (κ2) is 9.97. The number of benzene rings is 2. The van der Waals surface area contributed by atoms with Crippen molar-refractivity contribution in [2.24, 2.45) is 5.10 Å². The summed E-state index contributed by atoms with van der Waals surface area (Å²) in [6, 6.07) is 11.3. The van der Waals surface area contributed by atoms with E-state index in [0.29, 0.717) is 27.5 Å². The molecule has 2 rings (SSSR count). The first-order chi connectivity index (χ1) is 12.0. The van der Waals surface area contributed by atoms with Crippen molar-refractivity contribution < 1.29 is 4.74 Å². The summed E-state index contributed by atoms with van der Waals surface area (Å²) in [5.41, 5.74) is 4.46. The van der Waals surface area contributed by atoms with Crippen molar-refractivity contribution in [1.29, 1.82) is 0 Å². The number of nitrogens with zero attached hydrogens (tertiary/aromatic N) is 1. The van der Waals surface area contributed by atoms with Crippen LogP contribution in [0, 0.1) is 0 Å². The van der Waals surface area contributed by atoms with Crippen LogP contribution in [-0.2, 0) is 6.61 Å². The Morgan fingerprint density at radius 1 is 1.24 bits per heavy atom. The molecule has 0 spiro atoms. The fourth-order valence-electron chi connectivity index (χ4n) is 1.89. The van der Waals surface area contributed by atoms with Crippen molar-refractivity contribution >= 4 is 62.7 Å². The number of nitrogens with one attached hydrogen (secondary N) is 2. The Morgan fingerprint density at radius 3 is 2.48 bits per heavy atom. The molecule has 2 aromatic carbocycles. The van der Waals surface area contributed by atoms with E-state index in [4.69, 9.17) is 40.2 Å². The SMILES string of the molecule is CCNC(=S)NN=Cc1cc(Cl)c(OCc2ccc(Br)cc2)c(Cl)c1. The smallest absolute Gasteiger partial charge is 0.186 e. The third-order valence-electron chi connectivity index (χ3n) is 3.03. The highest BCUT2D eigenvalue weighted by Crippen LogP contribution is 2.34. The van der Waals surface area contributed by atoms with Gasteiger partial charge in [0.2, 0.25) is 0 Å². The van der Waals surface area contributed by atoms with Gasteiger partial charge in [0, 0.05) is 11.0 Å². The minimum Gasteiger partial charge on any atom is -0.486 e. The third kappa shape index (κ3) is 6.47. The van der Waals surface area contributed by atoms with Gasteiger partial charge in [0.15, 0.2) is 10.9 Å². The van der Waals surface area contributed by atoms with Crippen molar-refractivity contribution in [2.75, 3.05) is 6.54 Å². The first-order valence-electron chi connectivity index (χ1n) is 7.42. The lowest BCUT2D eigenvalue weighted by Crippen LogP contribution is -2.31. The van der Waals surface area contributed by atoms with Crippen molar-refractivity contribution in [1.82, 2.24) is 10.7 Å². The molecule has 0 aliphatic heterocycles. The summed E-state index contributed by atoms with van der Waals surface area (Å²) in [6.45, 7) is 3.05. The second-order valence-corrected chi connectivity index (χ2v) is 7.10. The summed E-state index contributed by atoms with van der Waals surface area (Å²) >= 11 is 21.0. The first kappa shape index (κ1) is 20.0. The summed E-state index contributed by atoms with van der Waals surface area (Å²) in [5, 5.41) is 8.25. The lowest BCUT2D eigenvalue weighted by atomic mass is 10.2. The predicted octanol–water partition coefficient (Wildman–Crippen LogP) is 5.15. The van der Waals surface area contributed by atoms with Gasteiger partial charge in [-0.05, 0) is 54.5 Å². The van der Waals surface area contributed by atoms with E-state index in [1.807, 2.05) is 31.2 Å². The Kier molecular flexibility index (Phi) is 7.96. The van der Waals surface area contributed by atoms with Gasteiger partial charge in [0.25, 0.3) is 0 Å². The molecule has 8 heteroatoms. The minimum atomic E-state index is 0.374. The van der Waals surface area contributed by atoms with E-state index in [1.165, 1.54) is 0 Å². The molecule has 0 heterocycles. The monoisotopic (exact) mass is 459 g/mol. The van der Waals surface area contributed by atoms with E-state index >= 15 is 0 Å². The zero-order valence-electron chi connectivity index (χ0n) is 13.4. The third-order valence-corrected chi connectivity index (χ3v) is 4.36. The Morgan fingerprint density at radius 2 is 1.88 bits per heavy atom. The first-order valence-corrected chi connectivity index (χ1v) is 9.38. The van der Waals surface area contributed by atoms with Crippen molar-refractivity contribution in [3.63, 3.8) is 0 Å². The number of rotatable bonds is 6. The molecule has 0 amide bonds. The average molecular weight is 461 g/mol. The van der Waals surface area contributed by atoms with Crippen LogP contribution in [0.25, 0.3) is 0 Å². The maximum atomic E-state index is 6.28. The van der Waals surface area contributed by atoms with E-state index in [1.54, 1.807) is 18.3 Å². The summed E-state index contributed by atoms with van der Waals surface area (Å²) in [5.74, 6) is 0.444. The molecule has 0 aromatic heterocycles. The fraction of sp³-hybridized carbons (Fsp3) is 0.176. The maximum absolute atomic E-state index is 6.28. The minimum absolute atomic E-state index is 0.374. The van der Waals surface area contributed by atoms with Crippen LogP contribution < -0.4 is 15.5 Å². The number of hydrogen-bond acceptors (Lipinski definition) is 3. The predicted molar refractivity (Wildman–Crippen MR) is 112 cm³/mol. The van der Waals surface area contributed by atoms with Crippen LogP contribution in [0.3, 0.4) is 0 Å². The van der Waals surface area contributed by atoms with E-state index in [2.05, 4.69) is 31.8 Å². The molecule has 0 saturated carbocycles. The normalized spacial score (nSPS) is 10.7. The van der Waals surface area contributed by atoms with Gasteiger partial charge in [-0.3, -0.25) is 5.43 Å². The topological polar surface area (TPSA) is 45.7 Å². The van der Waals surface area contributed by atoms with Crippen molar-refractivity contribution in [3.8, 4) is 5.75 Å². The van der Waals surface area contributed by atoms with Gasteiger partial charge in [-0.2, -0.15) is 5.10 Å². The summed E-state index contributed by atoms with van der Waals surface area (Å²) < 4.78 is 6.77. The molecule has 4 nitrogen and oxygen atoms in total. The molecule has 2 N–H and O–H groups in total. The molecule has 0 aliphatic carbocycles. The van der Waals surface area contributed by atoms with Crippen LogP contribution in [0.5, 0.6) is 5.75 Å². The number of ether oxygens (including phenoxy) is 1. The molecule has 0 atom stereocenters. The van der Waals surface area contributed by atoms with Gasteiger partial charge >= 0.3 is 0 Å². The van der Waals surface area contributed by atoms with Gasteiger partial charge in [-0.15, -0.1) is 0 Å². The van der Waals surface area contributed by atoms with Gasteiger partial charge in [-0.1, -0.05) is 51.3 Å². The molecule has 0 bridgehead atoms. The van der Waals surface area contributed by atoms with E-state index in [-0.39, 0.29) is 0 Å². The van der Waals surface area contributed by atoms with Crippen molar-refractivity contribution in [3.05, 3.63) is 62.0 Å². The highest BCUT2D eigenvalue weighted by molar-refractivity contribution is 9.10. The molecule has 25 heavy (non-hydrogen) atoms. The highest BCUT2D eigenvalue weighted by Gasteiger charge is 2.09. The van der Waals surface area contributed by atoms with Crippen molar-refractivity contribution in [2.45, 2.75) is 13.5 Å². The highest BCUT2D eigenvalue weighted by atomic mass is 79.9. The molecule has 0 fully saturated rings. The standard InChI is InChI=1S/C17H16BrCl2N3OS/c1-2-21-17(25)23-22-9-12-7-14(19)16(15(20)8-12)24-10-11-3-5-13(18)6-4-11/h3-9H,2,10H2,1H3,(H2,21,23,25). The molecule has 132 valence electrons. The summed E-state index contributed by atoms with van der Waals surface area (Å²) in [4.78, 5) is 0. The van der Waals surface area contributed by atoms with Crippen LogP contribution in [-0.4, -0.2) is 17.9 Å². The zero-order valence-corrected chi connectivity index (χ0v) is 17.3. The molecule has 0 saturated heterocycles. The second-order valence-electron chi connectivity index (χ2n) is 4.96. The van der Waals surface area contributed by atoms with Crippen LogP contribution in [0.2, 0.25) is 10.0 Å².